The normalized spacial score (nSPS) is 20.4. The second kappa shape index (κ2) is 5.49. The van der Waals surface area contributed by atoms with Crippen molar-refractivity contribution in [1.29, 1.82) is 0 Å². The zero-order chi connectivity index (χ0) is 14.0. The number of ether oxygens (including phenoxy) is 1. The van der Waals surface area contributed by atoms with E-state index in [4.69, 9.17) is 4.74 Å². The molecular weight excluding hydrogens is 260 g/mol. The maximum absolute atomic E-state index is 12.1. The Morgan fingerprint density at radius 2 is 2.26 bits per heavy atom. The third kappa shape index (κ3) is 3.93. The number of nitrogens with zero attached hydrogens (tertiary/aromatic N) is 2. The highest BCUT2D eigenvalue weighted by atomic mass is 32.1. The zero-order valence-corrected chi connectivity index (χ0v) is 12.9. The van der Waals surface area contributed by atoms with Gasteiger partial charge in [0.25, 0.3) is 0 Å². The summed E-state index contributed by atoms with van der Waals surface area (Å²) in [6.07, 6.45) is 1.92. The summed E-state index contributed by atoms with van der Waals surface area (Å²) in [5, 5.41) is 3.22. The maximum Gasteiger partial charge on any atom is 0.410 e. The Hall–Kier alpha value is -1.10. The quantitative estimate of drug-likeness (QED) is 0.791. The Morgan fingerprint density at radius 1 is 1.53 bits per heavy atom. The number of rotatable bonds is 1. The molecule has 1 unspecified atom stereocenters. The van der Waals surface area contributed by atoms with Crippen molar-refractivity contribution in [3.63, 3.8) is 0 Å². The summed E-state index contributed by atoms with van der Waals surface area (Å²) in [6.45, 7) is 9.22. The minimum atomic E-state index is -0.429. The fourth-order valence-electron chi connectivity index (χ4n) is 2.23. The molecule has 5 heteroatoms. The summed E-state index contributed by atoms with van der Waals surface area (Å²) in [4.78, 5) is 18.4. The van der Waals surface area contributed by atoms with E-state index in [1.807, 2.05) is 32.6 Å². The highest BCUT2D eigenvalue weighted by molar-refractivity contribution is 7.09. The molecule has 19 heavy (non-hydrogen) atoms. The second-order valence-corrected chi connectivity index (χ2v) is 6.98. The van der Waals surface area contributed by atoms with Crippen LogP contribution in [0.4, 0.5) is 4.79 Å². The molecule has 2 heterocycles. The average Bonchev–Trinajstić information content (AvgIpc) is 2.74. The standard InChI is InChI=1S/C14H22N2O2S/c1-10-9-19-12(15-10)11-6-5-7-16(8-11)13(17)18-14(2,3)4/h9,11H,5-8H2,1-4H3. The molecular formula is C14H22N2O2S. The Morgan fingerprint density at radius 3 is 2.84 bits per heavy atom. The number of thiazole rings is 1. The SMILES string of the molecule is Cc1csc(C2CCCN(C(=O)OC(C)(C)C)C2)n1. The number of amides is 1. The second-order valence-electron chi connectivity index (χ2n) is 6.09. The monoisotopic (exact) mass is 282 g/mol. The highest BCUT2D eigenvalue weighted by Gasteiger charge is 2.29. The van der Waals surface area contributed by atoms with Crippen molar-refractivity contribution in [3.8, 4) is 0 Å². The van der Waals surface area contributed by atoms with Crippen molar-refractivity contribution in [1.82, 2.24) is 9.88 Å². The van der Waals surface area contributed by atoms with Gasteiger partial charge >= 0.3 is 6.09 Å². The van der Waals surface area contributed by atoms with Gasteiger partial charge in [0.2, 0.25) is 0 Å². The lowest BCUT2D eigenvalue weighted by Gasteiger charge is -2.33. The van der Waals surface area contributed by atoms with E-state index < -0.39 is 5.60 Å². The predicted octanol–water partition coefficient (Wildman–Crippen LogP) is 3.57. The number of hydrogen-bond donors (Lipinski definition) is 0. The van der Waals surface area contributed by atoms with Crippen LogP contribution in [-0.4, -0.2) is 34.7 Å². The van der Waals surface area contributed by atoms with Gasteiger partial charge < -0.3 is 9.64 Å². The van der Waals surface area contributed by atoms with Crippen molar-refractivity contribution in [2.45, 2.75) is 52.1 Å². The van der Waals surface area contributed by atoms with Crippen LogP contribution in [0.3, 0.4) is 0 Å². The number of aromatic nitrogens is 1. The van der Waals surface area contributed by atoms with Crippen LogP contribution in [0.1, 0.15) is 50.2 Å². The van der Waals surface area contributed by atoms with Crippen molar-refractivity contribution in [2.24, 2.45) is 0 Å². The first-order chi connectivity index (χ1) is 8.85. The lowest BCUT2D eigenvalue weighted by molar-refractivity contribution is 0.0198. The fraction of sp³-hybridized carbons (Fsp3) is 0.714. The maximum atomic E-state index is 12.1. The fourth-order valence-corrected chi connectivity index (χ4v) is 3.16. The number of aryl methyl sites for hydroxylation is 1. The highest BCUT2D eigenvalue weighted by Crippen LogP contribution is 2.29. The Labute approximate surface area is 118 Å². The number of likely N-dealkylation sites (tertiary alicyclic amines) is 1. The molecule has 1 aliphatic rings. The van der Waals surface area contributed by atoms with Crippen molar-refractivity contribution >= 4 is 17.4 Å². The molecule has 0 N–H and O–H groups in total. The molecule has 1 amide bonds. The number of hydrogen-bond acceptors (Lipinski definition) is 4. The van der Waals surface area contributed by atoms with Gasteiger partial charge in [0.1, 0.15) is 5.60 Å². The van der Waals surface area contributed by atoms with E-state index in [-0.39, 0.29) is 6.09 Å². The lowest BCUT2D eigenvalue weighted by atomic mass is 9.99. The average molecular weight is 282 g/mol. The van der Waals surface area contributed by atoms with Crippen LogP contribution in [-0.2, 0) is 4.74 Å². The minimum absolute atomic E-state index is 0.203. The van der Waals surface area contributed by atoms with Gasteiger partial charge in [0.05, 0.1) is 5.01 Å². The van der Waals surface area contributed by atoms with E-state index in [1.165, 1.54) is 0 Å². The summed E-state index contributed by atoms with van der Waals surface area (Å²) in [7, 11) is 0. The summed E-state index contributed by atoms with van der Waals surface area (Å²) in [5.74, 6) is 0.361. The minimum Gasteiger partial charge on any atom is -0.444 e. The number of piperidine rings is 1. The molecule has 1 fully saturated rings. The molecule has 1 aromatic heterocycles. The molecule has 0 radical (unpaired) electrons. The van der Waals surface area contributed by atoms with Gasteiger partial charge in [0, 0.05) is 30.1 Å². The predicted molar refractivity (Wildman–Crippen MR) is 76.6 cm³/mol. The van der Waals surface area contributed by atoms with E-state index >= 15 is 0 Å². The van der Waals surface area contributed by atoms with Crippen molar-refractivity contribution in [3.05, 3.63) is 16.1 Å². The largest absolute Gasteiger partial charge is 0.444 e. The Balaban J connectivity index is 1.99. The van der Waals surface area contributed by atoms with Crippen LogP contribution in [0.25, 0.3) is 0 Å². The third-order valence-electron chi connectivity index (χ3n) is 3.06. The number of carbonyl (C=O) groups excluding carboxylic acids is 1. The molecule has 1 atom stereocenters. The van der Waals surface area contributed by atoms with E-state index in [1.54, 1.807) is 11.3 Å². The first-order valence-electron chi connectivity index (χ1n) is 6.75. The van der Waals surface area contributed by atoms with E-state index in [9.17, 15) is 4.79 Å². The smallest absolute Gasteiger partial charge is 0.410 e. The number of carbonyl (C=O) groups is 1. The molecule has 4 nitrogen and oxygen atoms in total. The summed E-state index contributed by atoms with van der Waals surface area (Å²) in [5.41, 5.74) is 0.635. The summed E-state index contributed by atoms with van der Waals surface area (Å²) < 4.78 is 5.44. The van der Waals surface area contributed by atoms with Gasteiger partial charge in [-0.15, -0.1) is 11.3 Å². The van der Waals surface area contributed by atoms with Crippen LogP contribution < -0.4 is 0 Å². The zero-order valence-electron chi connectivity index (χ0n) is 12.1. The molecule has 0 bridgehead atoms. The van der Waals surface area contributed by atoms with Crippen molar-refractivity contribution in [2.75, 3.05) is 13.1 Å². The molecule has 0 saturated carbocycles. The molecule has 1 aromatic rings. The van der Waals surface area contributed by atoms with Crippen LogP contribution in [0, 0.1) is 6.92 Å². The Kier molecular flexibility index (Phi) is 4.13. The molecule has 1 saturated heterocycles. The van der Waals surface area contributed by atoms with Crippen molar-refractivity contribution < 1.29 is 9.53 Å². The van der Waals surface area contributed by atoms with E-state index in [2.05, 4.69) is 10.4 Å². The van der Waals surface area contributed by atoms with Crippen LogP contribution in [0.2, 0.25) is 0 Å². The molecule has 0 spiro atoms. The van der Waals surface area contributed by atoms with Gasteiger partial charge in [-0.2, -0.15) is 0 Å². The van der Waals surface area contributed by atoms with E-state index in [0.717, 1.165) is 36.6 Å². The lowest BCUT2D eigenvalue weighted by Crippen LogP contribution is -2.42. The topological polar surface area (TPSA) is 42.4 Å². The summed E-state index contributed by atoms with van der Waals surface area (Å²) in [6, 6.07) is 0. The van der Waals surface area contributed by atoms with Gasteiger partial charge in [-0.1, -0.05) is 0 Å². The Bertz CT molecular complexity index is 451. The van der Waals surface area contributed by atoms with Gasteiger partial charge in [-0.25, -0.2) is 9.78 Å². The molecule has 106 valence electrons. The molecule has 0 aromatic carbocycles. The first-order valence-corrected chi connectivity index (χ1v) is 7.63. The summed E-state index contributed by atoms with van der Waals surface area (Å²) >= 11 is 1.69. The molecule has 0 aliphatic carbocycles. The van der Waals surface area contributed by atoms with Gasteiger partial charge in [-0.05, 0) is 40.5 Å². The van der Waals surface area contributed by atoms with E-state index in [0.29, 0.717) is 5.92 Å². The van der Waals surface area contributed by atoms with Gasteiger partial charge in [-0.3, -0.25) is 0 Å². The molecule has 2 rings (SSSR count). The van der Waals surface area contributed by atoms with Crippen LogP contribution >= 0.6 is 11.3 Å². The molecule has 1 aliphatic heterocycles. The van der Waals surface area contributed by atoms with Gasteiger partial charge in [0.15, 0.2) is 0 Å². The third-order valence-corrected chi connectivity index (χ3v) is 4.18. The first kappa shape index (κ1) is 14.3. The van der Waals surface area contributed by atoms with Crippen LogP contribution in [0.5, 0.6) is 0 Å². The van der Waals surface area contributed by atoms with Crippen LogP contribution in [0.15, 0.2) is 5.38 Å².